The topological polar surface area (TPSA) is 158 Å². The lowest BCUT2D eigenvalue weighted by Gasteiger charge is -2.32. The number of methoxy groups -OCH3 is 1. The van der Waals surface area contributed by atoms with Gasteiger partial charge in [-0.1, -0.05) is 76.9 Å². The number of benzene rings is 3. The van der Waals surface area contributed by atoms with Crippen LogP contribution in [0.15, 0.2) is 69.6 Å². The van der Waals surface area contributed by atoms with E-state index in [1.165, 1.54) is 34.4 Å². The summed E-state index contributed by atoms with van der Waals surface area (Å²) in [5, 5.41) is 2.42. The summed E-state index contributed by atoms with van der Waals surface area (Å²) in [7, 11) is 6.44. The second kappa shape index (κ2) is 30.7. The maximum absolute atomic E-state index is 12.2. The Morgan fingerprint density at radius 3 is 1.16 bits per heavy atom. The van der Waals surface area contributed by atoms with Crippen molar-refractivity contribution in [3.63, 3.8) is 0 Å². The van der Waals surface area contributed by atoms with E-state index in [9.17, 15) is 9.59 Å². The highest BCUT2D eigenvalue weighted by Crippen LogP contribution is 2.43. The third-order valence-electron chi connectivity index (χ3n) is 13.5. The number of hydrogen-bond acceptors (Lipinski definition) is 13. The standard InChI is InChI=1S/C17H26BNO4.C12H24B2O4.C11H14BrNO2.C8H9Br.C3H8O.CO2.ClH/c1-8-12-11-13(15(20)19(6)21-7)9-10-14(12)18-22-16(2,3)17(4,5)23-18;1-9(2)10(3,4)16-13(15-9)14-17-11(5,6)12(7,8)18-14;1-4-8-7-9(5-6-10(8)12)11(14)13(2)15-3;1-2-7-5-3-4-6-8(7)9;1-3-4-2;2-1-3;/h9-11H,8H2,1-7H3;1-8H3;5-7H,4H2,1-3H3;3-6H,2H2,1H3;3H2,1-2H3;;1H. The molecule has 3 fully saturated rings. The molecule has 0 saturated carbocycles. The van der Waals surface area contributed by atoms with Crippen molar-refractivity contribution in [1.82, 2.24) is 10.1 Å². The molecule has 408 valence electrons. The molecule has 0 spiro atoms. The van der Waals surface area contributed by atoms with Crippen molar-refractivity contribution in [3.05, 3.63) is 97.4 Å². The van der Waals surface area contributed by atoms with Crippen LogP contribution in [0.5, 0.6) is 0 Å². The van der Waals surface area contributed by atoms with Crippen LogP contribution >= 0.6 is 44.3 Å². The first-order valence-electron chi connectivity index (χ1n) is 24.1. The molecule has 73 heavy (non-hydrogen) atoms. The minimum absolute atomic E-state index is 0. The van der Waals surface area contributed by atoms with Crippen molar-refractivity contribution in [2.75, 3.05) is 42.0 Å². The van der Waals surface area contributed by atoms with E-state index in [1.54, 1.807) is 33.3 Å². The number of rotatable bonds is 10. The molecule has 15 nitrogen and oxygen atoms in total. The Labute approximate surface area is 461 Å². The van der Waals surface area contributed by atoms with E-state index < -0.39 is 21.1 Å². The van der Waals surface area contributed by atoms with Crippen LogP contribution in [0.25, 0.3) is 0 Å². The predicted molar refractivity (Wildman–Crippen MR) is 299 cm³/mol. The summed E-state index contributed by atoms with van der Waals surface area (Å²) in [6.45, 7) is 33.4. The molecule has 3 saturated heterocycles. The summed E-state index contributed by atoms with van der Waals surface area (Å²) in [5.74, 6) is -0.317. The van der Waals surface area contributed by atoms with Crippen LogP contribution in [0.4, 0.5) is 0 Å². The van der Waals surface area contributed by atoms with Crippen LogP contribution in [-0.2, 0) is 71.2 Å². The van der Waals surface area contributed by atoms with Crippen molar-refractivity contribution < 1.29 is 61.5 Å². The van der Waals surface area contributed by atoms with Crippen molar-refractivity contribution in [1.29, 1.82) is 0 Å². The Hall–Kier alpha value is -2.94. The molecule has 3 aliphatic rings. The van der Waals surface area contributed by atoms with Crippen LogP contribution in [0.1, 0.15) is 148 Å². The smallest absolute Gasteiger partial charge is 0.405 e. The largest absolute Gasteiger partial charge is 0.495 e. The molecule has 0 radical (unpaired) electrons. The number of carbonyl (C=O) groups excluding carboxylic acids is 4. The minimum Gasteiger partial charge on any atom is -0.405 e. The first-order chi connectivity index (χ1) is 33.3. The molecule has 3 aromatic rings. The van der Waals surface area contributed by atoms with E-state index in [-0.39, 0.29) is 64.0 Å². The summed E-state index contributed by atoms with van der Waals surface area (Å²) < 4.78 is 42.9. The summed E-state index contributed by atoms with van der Waals surface area (Å²) >= 11 is 6.89. The molecule has 0 aliphatic carbocycles. The summed E-state index contributed by atoms with van der Waals surface area (Å²) in [4.78, 5) is 50.0. The van der Waals surface area contributed by atoms with Crippen molar-refractivity contribution in [2.24, 2.45) is 0 Å². The van der Waals surface area contributed by atoms with Gasteiger partial charge >= 0.3 is 27.3 Å². The molecule has 3 aromatic carbocycles. The molecular formula is C52H82B3Br2ClN2O13. The zero-order valence-corrected chi connectivity index (χ0v) is 51.2. The highest BCUT2D eigenvalue weighted by molar-refractivity contribution is 9.10. The quantitative estimate of drug-likeness (QED) is 0.140. The van der Waals surface area contributed by atoms with Gasteiger partial charge in [0.2, 0.25) is 0 Å². The van der Waals surface area contributed by atoms with E-state index in [0.29, 0.717) is 11.1 Å². The van der Waals surface area contributed by atoms with Crippen LogP contribution in [0, 0.1) is 0 Å². The lowest BCUT2D eigenvalue weighted by atomic mass is 9.49. The number of nitrogens with zero attached hydrogens (tertiary/aromatic N) is 2. The van der Waals surface area contributed by atoms with E-state index in [4.69, 9.17) is 47.2 Å². The van der Waals surface area contributed by atoms with Gasteiger partial charge in [0.05, 0.1) is 47.8 Å². The maximum Gasteiger partial charge on any atom is 0.495 e. The van der Waals surface area contributed by atoms with Crippen LogP contribution < -0.4 is 5.46 Å². The van der Waals surface area contributed by atoms with Gasteiger partial charge in [-0.2, -0.15) is 9.59 Å². The van der Waals surface area contributed by atoms with Gasteiger partial charge < -0.3 is 32.7 Å². The van der Waals surface area contributed by atoms with Crippen molar-refractivity contribution >= 4 is 88.8 Å². The fraction of sp³-hybridized carbons (Fsp3) is 0.596. The van der Waals surface area contributed by atoms with Gasteiger partial charge in [-0.25, -0.2) is 10.1 Å². The normalized spacial score (nSPS) is 17.7. The van der Waals surface area contributed by atoms with Crippen molar-refractivity contribution in [2.45, 2.75) is 164 Å². The fourth-order valence-corrected chi connectivity index (χ4v) is 7.63. The lowest BCUT2D eigenvalue weighted by Crippen LogP contribution is -2.41. The van der Waals surface area contributed by atoms with Crippen LogP contribution in [-0.4, -0.2) is 125 Å². The van der Waals surface area contributed by atoms with E-state index in [1.807, 2.05) is 127 Å². The first-order valence-corrected chi connectivity index (χ1v) is 25.7. The number of carbonyl (C=O) groups is 2. The summed E-state index contributed by atoms with van der Waals surface area (Å²) in [5.41, 5.74) is 3.53. The average molecular weight is 1170 g/mol. The van der Waals surface area contributed by atoms with Gasteiger partial charge in [-0.3, -0.25) is 19.3 Å². The molecule has 3 aliphatic heterocycles. The van der Waals surface area contributed by atoms with Gasteiger partial charge in [0.15, 0.2) is 0 Å². The molecule has 0 unspecified atom stereocenters. The second-order valence-electron chi connectivity index (χ2n) is 19.8. The van der Waals surface area contributed by atoms with Gasteiger partial charge in [0.1, 0.15) is 0 Å². The lowest BCUT2D eigenvalue weighted by molar-refractivity contribution is -0.191. The fourth-order valence-electron chi connectivity index (χ4n) is 6.54. The predicted octanol–water partition coefficient (Wildman–Crippen LogP) is 10.6. The second-order valence-corrected chi connectivity index (χ2v) is 21.5. The molecular weight excluding hydrogens is 1090 g/mol. The average Bonchev–Trinajstić information content (AvgIpc) is 3.80. The van der Waals surface area contributed by atoms with Gasteiger partial charge in [-0.05, 0) is 168 Å². The molecule has 2 amide bonds. The Morgan fingerprint density at radius 2 is 0.849 bits per heavy atom. The minimum atomic E-state index is -0.476. The van der Waals surface area contributed by atoms with Crippen LogP contribution in [0.2, 0.25) is 0 Å². The Morgan fingerprint density at radius 1 is 0.534 bits per heavy atom. The van der Waals surface area contributed by atoms with Gasteiger partial charge in [0.25, 0.3) is 11.8 Å². The molecule has 6 rings (SSSR count). The molecule has 0 N–H and O–H groups in total. The highest BCUT2D eigenvalue weighted by Gasteiger charge is 2.63. The number of amides is 2. The number of halogens is 3. The number of hydrogen-bond donors (Lipinski definition) is 0. The van der Waals surface area contributed by atoms with E-state index >= 15 is 0 Å². The molecule has 0 aromatic heterocycles. The van der Waals surface area contributed by atoms with Crippen LogP contribution in [0.3, 0.4) is 0 Å². The number of hydroxylamine groups is 4. The maximum atomic E-state index is 12.2. The Bertz CT molecular complexity index is 2150. The number of ether oxygens (including phenoxy) is 1. The summed E-state index contributed by atoms with van der Waals surface area (Å²) in [6, 6.07) is 19.4. The monoisotopic (exact) mass is 1170 g/mol. The zero-order chi connectivity index (χ0) is 55.6. The van der Waals surface area contributed by atoms with Gasteiger partial charge in [0, 0.05) is 47.9 Å². The highest BCUT2D eigenvalue weighted by atomic mass is 79.9. The molecule has 0 bridgehead atoms. The Balaban J connectivity index is 0.000000934. The number of aryl methyl sites for hydroxylation is 3. The zero-order valence-electron chi connectivity index (χ0n) is 47.2. The van der Waals surface area contributed by atoms with E-state index in [2.05, 4.69) is 68.6 Å². The van der Waals surface area contributed by atoms with Crippen molar-refractivity contribution in [3.8, 4) is 0 Å². The Kier molecular flexibility index (Phi) is 29.5. The SMILES string of the molecule is CC1(C)OB(B2OC(C)(C)C(C)(C)O2)OC1(C)C.CCOC.CCc1cc(C(=O)N(C)OC)ccc1B1OC(C)(C)C(C)(C)O1.CCc1cc(C(=O)N(C)OC)ccc1Br.CCc1ccccc1Br.Cl.O=C=O. The van der Waals surface area contributed by atoms with Gasteiger partial charge in [-0.15, -0.1) is 12.4 Å². The molecule has 0 atom stereocenters. The first kappa shape index (κ1) is 70.1. The molecule has 3 heterocycles. The third-order valence-corrected chi connectivity index (χ3v) is 15.0. The summed E-state index contributed by atoms with van der Waals surface area (Å²) in [6.07, 6.45) is 3.02. The van der Waals surface area contributed by atoms with E-state index in [0.717, 1.165) is 46.9 Å². The molecule has 21 heteroatoms. The third kappa shape index (κ3) is 19.5.